The first-order valence-electron chi connectivity index (χ1n) is 10.3. The maximum atomic E-state index is 12.8. The quantitative estimate of drug-likeness (QED) is 0.622. The van der Waals surface area contributed by atoms with Crippen molar-refractivity contribution in [2.45, 2.75) is 36.3 Å². The van der Waals surface area contributed by atoms with Gasteiger partial charge in [0.05, 0.1) is 24.4 Å². The number of aromatic nitrogens is 3. The summed E-state index contributed by atoms with van der Waals surface area (Å²) in [5.41, 5.74) is 1.15. The van der Waals surface area contributed by atoms with Crippen molar-refractivity contribution < 1.29 is 17.9 Å². The molecule has 2 saturated heterocycles. The summed E-state index contributed by atoms with van der Waals surface area (Å²) in [6.07, 6.45) is 7.39. The van der Waals surface area contributed by atoms with Crippen LogP contribution in [0.5, 0.6) is 5.75 Å². The van der Waals surface area contributed by atoms with Crippen LogP contribution in [0.2, 0.25) is 0 Å². The van der Waals surface area contributed by atoms with E-state index in [-0.39, 0.29) is 11.0 Å². The van der Waals surface area contributed by atoms with E-state index in [0.717, 1.165) is 36.3 Å². The second-order valence-electron chi connectivity index (χ2n) is 8.00. The predicted octanol–water partition coefficient (Wildman–Crippen LogP) is 2.57. The zero-order valence-corrected chi connectivity index (χ0v) is 17.8. The molecule has 0 aliphatic carbocycles. The lowest BCUT2D eigenvalue weighted by molar-refractivity contribution is 0.137. The van der Waals surface area contributed by atoms with E-state index in [1.165, 1.54) is 15.2 Å². The smallest absolute Gasteiger partial charge is 0.246 e. The first-order valence-corrected chi connectivity index (χ1v) is 11.8. The molecule has 1 aromatic carbocycles. The molecule has 2 aliphatic heterocycles. The fraction of sp³-hybridized carbons (Fsp3) is 0.476. The van der Waals surface area contributed by atoms with Crippen molar-refractivity contribution in [2.75, 3.05) is 26.3 Å². The van der Waals surface area contributed by atoms with Gasteiger partial charge in [0, 0.05) is 44.5 Å². The minimum absolute atomic E-state index is 0.00545. The molecule has 2 aliphatic rings. The van der Waals surface area contributed by atoms with Gasteiger partial charge in [-0.25, -0.2) is 8.42 Å². The molecule has 4 heterocycles. The highest BCUT2D eigenvalue weighted by Gasteiger charge is 2.31. The Morgan fingerprint density at radius 3 is 2.70 bits per heavy atom. The summed E-state index contributed by atoms with van der Waals surface area (Å²) in [6.45, 7) is 2.44. The van der Waals surface area contributed by atoms with E-state index in [4.69, 9.17) is 9.47 Å². The molecule has 0 radical (unpaired) electrons. The summed E-state index contributed by atoms with van der Waals surface area (Å²) in [4.78, 5) is 0.242. The molecule has 2 fully saturated rings. The first-order chi connectivity index (χ1) is 14.5. The summed E-state index contributed by atoms with van der Waals surface area (Å²) in [5.74, 6) is 0.860. The van der Waals surface area contributed by atoms with Crippen molar-refractivity contribution in [3.05, 3.63) is 42.9 Å². The standard InChI is InChI=1S/C21H26N4O4S/c1-23-14-18(13-22-23)30(26,27)24-9-5-17(6-10-24)29-21-4-2-3-20-19(21)7-11-25(20)16-8-12-28-15-16/h2-4,7,11,13-14,16-17H,5-6,8-10,12,15H2,1H3. The Bertz CT molecular complexity index is 1140. The van der Waals surface area contributed by atoms with Crippen LogP contribution in [0.4, 0.5) is 0 Å². The van der Waals surface area contributed by atoms with Crippen molar-refractivity contribution in [3.63, 3.8) is 0 Å². The molecule has 5 rings (SSSR count). The van der Waals surface area contributed by atoms with Gasteiger partial charge in [-0.15, -0.1) is 0 Å². The zero-order valence-electron chi connectivity index (χ0n) is 17.0. The van der Waals surface area contributed by atoms with Crippen LogP contribution in [0, 0.1) is 0 Å². The molecule has 160 valence electrons. The van der Waals surface area contributed by atoms with Gasteiger partial charge in [0.25, 0.3) is 0 Å². The number of sulfonamides is 1. The van der Waals surface area contributed by atoms with Crippen LogP contribution >= 0.6 is 0 Å². The summed E-state index contributed by atoms with van der Waals surface area (Å²) in [7, 11) is -1.78. The van der Waals surface area contributed by atoms with Gasteiger partial charge in [-0.1, -0.05) is 6.07 Å². The SMILES string of the molecule is Cn1cc(S(=O)(=O)N2CCC(Oc3cccc4c3ccn4C3CCOC3)CC2)cn1. The first kappa shape index (κ1) is 19.6. The van der Waals surface area contributed by atoms with Crippen molar-refractivity contribution >= 4 is 20.9 Å². The Morgan fingerprint density at radius 1 is 1.17 bits per heavy atom. The van der Waals surface area contributed by atoms with E-state index in [9.17, 15) is 8.42 Å². The third kappa shape index (κ3) is 3.51. The number of hydrogen-bond acceptors (Lipinski definition) is 5. The van der Waals surface area contributed by atoms with Gasteiger partial charge in [0.1, 0.15) is 16.7 Å². The third-order valence-corrected chi connectivity index (χ3v) is 7.89. The minimum atomic E-state index is -3.50. The molecule has 0 saturated carbocycles. The molecule has 3 aromatic rings. The highest BCUT2D eigenvalue weighted by Crippen LogP contribution is 2.33. The molecule has 0 N–H and O–H groups in total. The van der Waals surface area contributed by atoms with Gasteiger partial charge in [-0.05, 0) is 37.5 Å². The van der Waals surface area contributed by atoms with E-state index >= 15 is 0 Å². The van der Waals surface area contributed by atoms with Crippen LogP contribution in [0.15, 0.2) is 47.8 Å². The molecular weight excluding hydrogens is 404 g/mol. The number of benzene rings is 1. The highest BCUT2D eigenvalue weighted by molar-refractivity contribution is 7.89. The number of hydrogen-bond donors (Lipinski definition) is 0. The Morgan fingerprint density at radius 2 is 2.00 bits per heavy atom. The van der Waals surface area contributed by atoms with Gasteiger partial charge in [-0.3, -0.25) is 4.68 Å². The van der Waals surface area contributed by atoms with Crippen molar-refractivity contribution in [1.29, 1.82) is 0 Å². The molecular formula is C21H26N4O4S. The minimum Gasteiger partial charge on any atom is -0.490 e. The summed E-state index contributed by atoms with van der Waals surface area (Å²) < 4.78 is 42.8. The summed E-state index contributed by atoms with van der Waals surface area (Å²) in [5, 5.41) is 5.08. The molecule has 30 heavy (non-hydrogen) atoms. The lowest BCUT2D eigenvalue weighted by atomic mass is 10.1. The molecule has 1 unspecified atom stereocenters. The Labute approximate surface area is 176 Å². The lowest BCUT2D eigenvalue weighted by Crippen LogP contribution is -2.41. The average Bonchev–Trinajstić information content (AvgIpc) is 3.49. The van der Waals surface area contributed by atoms with Crippen LogP contribution in [0.1, 0.15) is 25.3 Å². The maximum Gasteiger partial charge on any atom is 0.246 e. The largest absolute Gasteiger partial charge is 0.490 e. The van der Waals surface area contributed by atoms with Crippen molar-refractivity contribution in [2.24, 2.45) is 7.05 Å². The number of aryl methyl sites for hydroxylation is 1. The Kier molecular flexibility index (Phi) is 5.04. The fourth-order valence-corrected chi connectivity index (χ4v) is 5.83. The van der Waals surface area contributed by atoms with Gasteiger partial charge in [0.15, 0.2) is 0 Å². The average molecular weight is 431 g/mol. The molecule has 0 amide bonds. The van der Waals surface area contributed by atoms with Crippen LogP contribution in [0.25, 0.3) is 10.9 Å². The van der Waals surface area contributed by atoms with Gasteiger partial charge in [0.2, 0.25) is 10.0 Å². The van der Waals surface area contributed by atoms with E-state index in [0.29, 0.717) is 32.0 Å². The van der Waals surface area contributed by atoms with Crippen molar-refractivity contribution in [3.8, 4) is 5.75 Å². The number of ether oxygens (including phenoxy) is 2. The molecule has 0 spiro atoms. The van der Waals surface area contributed by atoms with E-state index in [1.54, 1.807) is 13.2 Å². The van der Waals surface area contributed by atoms with E-state index in [2.05, 4.69) is 28.0 Å². The number of fused-ring (bicyclic) bond motifs is 1. The highest BCUT2D eigenvalue weighted by atomic mass is 32.2. The van der Waals surface area contributed by atoms with E-state index in [1.807, 2.05) is 12.1 Å². The number of rotatable bonds is 5. The lowest BCUT2D eigenvalue weighted by Gasteiger charge is -2.31. The second-order valence-corrected chi connectivity index (χ2v) is 9.94. The topological polar surface area (TPSA) is 78.6 Å². The van der Waals surface area contributed by atoms with E-state index < -0.39 is 10.0 Å². The number of nitrogens with zero attached hydrogens (tertiary/aromatic N) is 4. The molecule has 9 heteroatoms. The van der Waals surface area contributed by atoms with Crippen LogP contribution in [-0.4, -0.2) is 59.5 Å². The normalized spacial score (nSPS) is 21.4. The van der Waals surface area contributed by atoms with Crippen LogP contribution in [-0.2, 0) is 21.8 Å². The third-order valence-electron chi connectivity index (χ3n) is 6.04. The Balaban J connectivity index is 1.28. The van der Waals surface area contributed by atoms with Gasteiger partial charge in [-0.2, -0.15) is 9.40 Å². The Hall–Kier alpha value is -2.36. The summed E-state index contributed by atoms with van der Waals surface area (Å²) >= 11 is 0. The van der Waals surface area contributed by atoms with Crippen LogP contribution < -0.4 is 4.74 Å². The summed E-state index contributed by atoms with van der Waals surface area (Å²) in [6, 6.07) is 8.61. The fourth-order valence-electron chi connectivity index (χ4n) is 4.37. The van der Waals surface area contributed by atoms with Crippen molar-refractivity contribution in [1.82, 2.24) is 18.7 Å². The molecule has 8 nitrogen and oxygen atoms in total. The maximum absolute atomic E-state index is 12.8. The predicted molar refractivity (Wildman–Crippen MR) is 112 cm³/mol. The van der Waals surface area contributed by atoms with Crippen LogP contribution in [0.3, 0.4) is 0 Å². The van der Waals surface area contributed by atoms with Gasteiger partial charge >= 0.3 is 0 Å². The molecule has 1 atom stereocenters. The van der Waals surface area contributed by atoms with Gasteiger partial charge < -0.3 is 14.0 Å². The molecule has 0 bridgehead atoms. The monoisotopic (exact) mass is 430 g/mol. The zero-order chi connectivity index (χ0) is 20.7. The number of piperidine rings is 1. The molecule has 2 aromatic heterocycles. The second kappa shape index (κ2) is 7.72.